The maximum Gasteiger partial charge on any atom is 0.336 e. The van der Waals surface area contributed by atoms with E-state index >= 15 is 0 Å². The number of fused-ring (bicyclic) bond motifs is 1. The van der Waals surface area contributed by atoms with E-state index < -0.39 is 0 Å². The first-order chi connectivity index (χ1) is 10.2. The molecule has 0 aliphatic heterocycles. The van der Waals surface area contributed by atoms with E-state index in [1.165, 1.54) is 16.5 Å². The standard InChI is InChI=1S/C9H8N2O2.C7H6O/c10-11-7-3-1-6-2-4-9(12)13-8(6)5-7;1-8-7-4-5-2-3-6(5)7/h1-5,11H,10H2;2-4H,1H3. The van der Waals surface area contributed by atoms with E-state index in [1.54, 1.807) is 19.2 Å². The van der Waals surface area contributed by atoms with Crippen LogP contribution in [-0.4, -0.2) is 7.11 Å². The number of nitrogens with two attached hydrogens (primary N) is 1. The highest BCUT2D eigenvalue weighted by atomic mass is 16.5. The molecule has 1 aromatic carbocycles. The van der Waals surface area contributed by atoms with E-state index in [4.69, 9.17) is 15.0 Å². The predicted molar refractivity (Wildman–Crippen MR) is 81.0 cm³/mol. The van der Waals surface area contributed by atoms with Crippen LogP contribution in [0.3, 0.4) is 0 Å². The van der Waals surface area contributed by atoms with Crippen molar-refractivity contribution < 1.29 is 9.15 Å². The molecule has 2 aliphatic carbocycles. The fraction of sp³-hybridized carbons (Fsp3) is 0.0625. The van der Waals surface area contributed by atoms with E-state index in [0.29, 0.717) is 11.3 Å². The normalized spacial score (nSPS) is 10.6. The number of benzene rings is 2. The first-order valence-electron chi connectivity index (χ1n) is 6.40. The molecule has 0 spiro atoms. The molecular formula is C16H14N2O3. The van der Waals surface area contributed by atoms with Gasteiger partial charge in [-0.1, -0.05) is 12.1 Å². The molecule has 2 aromatic rings. The molecule has 0 amide bonds. The fourth-order valence-electron chi connectivity index (χ4n) is 2.07. The Bertz CT molecular complexity index is 948. The fourth-order valence-corrected chi connectivity index (χ4v) is 2.07. The number of nitrogens with one attached hydrogen (secondary N) is 1. The lowest BCUT2D eigenvalue weighted by Crippen LogP contribution is -2.06. The Hall–Kier alpha value is -2.79. The molecule has 0 bridgehead atoms. The van der Waals surface area contributed by atoms with Gasteiger partial charge in [0.05, 0.1) is 12.8 Å². The molecule has 0 fully saturated rings. The zero-order chi connectivity index (χ0) is 14.8. The molecule has 1 heterocycles. The Kier molecular flexibility index (Phi) is 3.33. The van der Waals surface area contributed by atoms with Crippen LogP contribution in [0.1, 0.15) is 0 Å². The Morgan fingerprint density at radius 3 is 2.43 bits per heavy atom. The highest BCUT2D eigenvalue weighted by Crippen LogP contribution is 2.22. The summed E-state index contributed by atoms with van der Waals surface area (Å²) in [5.41, 5.74) is 3.36. The van der Waals surface area contributed by atoms with Crippen molar-refractivity contribution in [1.82, 2.24) is 0 Å². The van der Waals surface area contributed by atoms with Crippen molar-refractivity contribution in [1.29, 1.82) is 0 Å². The summed E-state index contributed by atoms with van der Waals surface area (Å²) in [5, 5.41) is 3.49. The zero-order valence-electron chi connectivity index (χ0n) is 11.4. The summed E-state index contributed by atoms with van der Waals surface area (Å²) in [5.74, 6) is 6.24. The number of anilines is 1. The number of hydrogen-bond donors (Lipinski definition) is 2. The smallest absolute Gasteiger partial charge is 0.336 e. The number of hydrazine groups is 1. The van der Waals surface area contributed by atoms with Gasteiger partial charge in [-0.2, -0.15) is 0 Å². The molecule has 0 unspecified atom stereocenters. The van der Waals surface area contributed by atoms with Crippen LogP contribution < -0.4 is 21.6 Å². The largest absolute Gasteiger partial charge is 0.496 e. The molecule has 5 heteroatoms. The minimum Gasteiger partial charge on any atom is -0.496 e. The van der Waals surface area contributed by atoms with Crippen molar-refractivity contribution in [2.75, 3.05) is 12.5 Å². The highest BCUT2D eigenvalue weighted by Gasteiger charge is 2.03. The summed E-state index contributed by atoms with van der Waals surface area (Å²) in [4.78, 5) is 10.9. The van der Waals surface area contributed by atoms with Crippen molar-refractivity contribution in [3.8, 4) is 5.75 Å². The van der Waals surface area contributed by atoms with Crippen molar-refractivity contribution >= 4 is 16.7 Å². The van der Waals surface area contributed by atoms with Crippen LogP contribution in [-0.2, 0) is 0 Å². The first kappa shape index (κ1) is 13.2. The molecule has 4 rings (SSSR count). The molecule has 0 saturated heterocycles. The summed E-state index contributed by atoms with van der Waals surface area (Å²) >= 11 is 0. The highest BCUT2D eigenvalue weighted by molar-refractivity contribution is 5.79. The minimum absolute atomic E-state index is 0.360. The van der Waals surface area contributed by atoms with Gasteiger partial charge in [0.1, 0.15) is 11.3 Å². The third-order valence-corrected chi connectivity index (χ3v) is 3.30. The van der Waals surface area contributed by atoms with Crippen LogP contribution in [0.5, 0.6) is 5.75 Å². The summed E-state index contributed by atoms with van der Waals surface area (Å²) < 4.78 is 9.93. The quantitative estimate of drug-likeness (QED) is 0.335. The number of rotatable bonds is 2. The second-order valence-corrected chi connectivity index (χ2v) is 4.57. The first-order valence-corrected chi connectivity index (χ1v) is 6.40. The summed E-state index contributed by atoms with van der Waals surface area (Å²) in [6.45, 7) is 0. The SMILES string of the molecule is COc1cc2ccc1=2.NNc1ccc2ccc(=O)oc2c1. The van der Waals surface area contributed by atoms with Crippen LogP contribution in [0.15, 0.2) is 57.7 Å². The van der Waals surface area contributed by atoms with Crippen molar-refractivity contribution in [2.24, 2.45) is 5.84 Å². The lowest BCUT2D eigenvalue weighted by Gasteiger charge is -2.08. The van der Waals surface area contributed by atoms with Gasteiger partial charge < -0.3 is 14.6 Å². The van der Waals surface area contributed by atoms with Crippen LogP contribution in [0, 0.1) is 10.4 Å². The van der Waals surface area contributed by atoms with Gasteiger partial charge in [-0.3, -0.25) is 5.84 Å². The van der Waals surface area contributed by atoms with Gasteiger partial charge in [-0.05, 0) is 29.5 Å². The van der Waals surface area contributed by atoms with Gasteiger partial charge in [-0.25, -0.2) is 4.79 Å². The monoisotopic (exact) mass is 282 g/mol. The lowest BCUT2D eigenvalue weighted by atomic mass is 10.1. The second kappa shape index (κ2) is 5.30. The van der Waals surface area contributed by atoms with Gasteiger partial charge in [0.15, 0.2) is 0 Å². The van der Waals surface area contributed by atoms with Crippen LogP contribution >= 0.6 is 0 Å². The Morgan fingerprint density at radius 1 is 1.10 bits per heavy atom. The van der Waals surface area contributed by atoms with Crippen molar-refractivity contribution in [2.45, 2.75) is 0 Å². The van der Waals surface area contributed by atoms with Gasteiger partial charge in [0.2, 0.25) is 0 Å². The van der Waals surface area contributed by atoms with Crippen molar-refractivity contribution in [3.05, 3.63) is 69.4 Å². The predicted octanol–water partition coefficient (Wildman–Crippen LogP) is 2.37. The minimum atomic E-state index is -0.360. The summed E-state index contributed by atoms with van der Waals surface area (Å²) in [7, 11) is 1.70. The number of nitrogen functional groups attached to an aromatic ring is 1. The van der Waals surface area contributed by atoms with E-state index in [1.807, 2.05) is 18.2 Å². The van der Waals surface area contributed by atoms with E-state index in [9.17, 15) is 4.79 Å². The number of methoxy groups -OCH3 is 1. The van der Waals surface area contributed by atoms with E-state index in [-0.39, 0.29) is 5.63 Å². The average molecular weight is 282 g/mol. The molecule has 2 aliphatic rings. The van der Waals surface area contributed by atoms with E-state index in [0.717, 1.165) is 11.1 Å². The molecular weight excluding hydrogens is 268 g/mol. The average Bonchev–Trinajstić information content (AvgIpc) is 2.49. The molecule has 106 valence electrons. The molecule has 1 aromatic heterocycles. The molecule has 0 saturated carbocycles. The van der Waals surface area contributed by atoms with Crippen LogP contribution in [0.4, 0.5) is 5.69 Å². The second-order valence-electron chi connectivity index (χ2n) is 4.57. The molecule has 3 N–H and O–H groups in total. The number of hydrogen-bond acceptors (Lipinski definition) is 5. The van der Waals surface area contributed by atoms with Crippen LogP contribution in [0.25, 0.3) is 11.0 Å². The number of ether oxygens (including phenoxy) is 1. The summed E-state index contributed by atoms with van der Waals surface area (Å²) in [6, 6.07) is 14.6. The Morgan fingerprint density at radius 2 is 1.90 bits per heavy atom. The zero-order valence-corrected chi connectivity index (χ0v) is 11.4. The molecule has 5 nitrogen and oxygen atoms in total. The maximum atomic E-state index is 10.9. The topological polar surface area (TPSA) is 77.5 Å². The van der Waals surface area contributed by atoms with Crippen LogP contribution in [0.2, 0.25) is 0 Å². The van der Waals surface area contributed by atoms with Gasteiger partial charge in [0.25, 0.3) is 0 Å². The Balaban J connectivity index is 0.000000140. The molecule has 0 atom stereocenters. The maximum absolute atomic E-state index is 10.9. The third-order valence-electron chi connectivity index (χ3n) is 3.30. The lowest BCUT2D eigenvalue weighted by molar-refractivity contribution is 0.407. The third kappa shape index (κ3) is 2.46. The summed E-state index contributed by atoms with van der Waals surface area (Å²) in [6.07, 6.45) is 0. The molecule has 0 radical (unpaired) electrons. The van der Waals surface area contributed by atoms with Gasteiger partial charge in [-0.15, -0.1) is 0 Å². The molecule has 21 heavy (non-hydrogen) atoms. The van der Waals surface area contributed by atoms with E-state index in [2.05, 4.69) is 17.6 Å². The van der Waals surface area contributed by atoms with Gasteiger partial charge in [0, 0.05) is 22.7 Å². The Labute approximate surface area is 120 Å². The van der Waals surface area contributed by atoms with Gasteiger partial charge >= 0.3 is 5.63 Å². The van der Waals surface area contributed by atoms with Crippen molar-refractivity contribution in [3.63, 3.8) is 0 Å².